The molecule has 0 fully saturated rings. The highest BCUT2D eigenvalue weighted by atomic mass is 16.5. The highest BCUT2D eigenvalue weighted by Crippen LogP contribution is 2.22. The Morgan fingerprint density at radius 3 is 1.95 bits per heavy atom. The van der Waals surface area contributed by atoms with E-state index < -0.39 is 0 Å². The first-order valence-electron chi connectivity index (χ1n) is 7.89. The first-order valence-corrected chi connectivity index (χ1v) is 7.89. The topological polar surface area (TPSA) is 33.7 Å². The van der Waals surface area contributed by atoms with Crippen LogP contribution >= 0.6 is 0 Å². The highest BCUT2D eigenvalue weighted by Gasteiger charge is 2.24. The second-order valence-electron chi connectivity index (χ2n) is 6.49. The Bertz CT molecular complexity index is 209. The van der Waals surface area contributed by atoms with Gasteiger partial charge in [-0.1, -0.05) is 27.7 Å². The van der Waals surface area contributed by atoms with Gasteiger partial charge in [-0.2, -0.15) is 0 Å². The Hall–Kier alpha value is -0.160. The lowest BCUT2D eigenvalue weighted by Crippen LogP contribution is -2.44. The van der Waals surface area contributed by atoms with Gasteiger partial charge in [0.15, 0.2) is 0 Å². The average molecular weight is 288 g/mol. The van der Waals surface area contributed by atoms with Gasteiger partial charge in [0.2, 0.25) is 0 Å². The van der Waals surface area contributed by atoms with Gasteiger partial charge in [-0.05, 0) is 31.3 Å². The molecule has 0 aliphatic carbocycles. The third-order valence-electron chi connectivity index (χ3n) is 3.64. The molecule has 0 aliphatic rings. The molecule has 0 rings (SSSR count). The van der Waals surface area contributed by atoms with Crippen LogP contribution in [-0.4, -0.2) is 64.6 Å². The van der Waals surface area contributed by atoms with Crippen LogP contribution in [0.15, 0.2) is 0 Å². The monoisotopic (exact) mass is 288 g/mol. The van der Waals surface area contributed by atoms with E-state index in [2.05, 4.69) is 37.9 Å². The van der Waals surface area contributed by atoms with Gasteiger partial charge < -0.3 is 14.8 Å². The standard InChI is InChI=1S/C16H36N2O2/c1-7-9-17-15(16(2,3)4)8-10-18(11-13-19-5)12-14-20-6/h15,17H,7-14H2,1-6H3. The second kappa shape index (κ2) is 11.5. The van der Waals surface area contributed by atoms with E-state index in [1.807, 2.05) is 0 Å². The first kappa shape index (κ1) is 19.8. The van der Waals surface area contributed by atoms with Gasteiger partial charge in [0.1, 0.15) is 0 Å². The molecule has 0 saturated heterocycles. The molecule has 0 spiro atoms. The molecule has 122 valence electrons. The fourth-order valence-corrected chi connectivity index (χ4v) is 2.25. The Kier molecular flexibility index (Phi) is 11.4. The quantitative estimate of drug-likeness (QED) is 0.598. The van der Waals surface area contributed by atoms with E-state index in [0.29, 0.717) is 11.5 Å². The molecule has 0 heterocycles. The molecule has 1 N–H and O–H groups in total. The highest BCUT2D eigenvalue weighted by molar-refractivity contribution is 4.81. The molecule has 1 atom stereocenters. The second-order valence-corrected chi connectivity index (χ2v) is 6.49. The lowest BCUT2D eigenvalue weighted by atomic mass is 9.84. The van der Waals surface area contributed by atoms with Gasteiger partial charge in [0.05, 0.1) is 13.2 Å². The lowest BCUT2D eigenvalue weighted by Gasteiger charge is -2.33. The van der Waals surface area contributed by atoms with Gasteiger partial charge >= 0.3 is 0 Å². The molecule has 0 aliphatic heterocycles. The van der Waals surface area contributed by atoms with Gasteiger partial charge in [0.25, 0.3) is 0 Å². The smallest absolute Gasteiger partial charge is 0.0589 e. The van der Waals surface area contributed by atoms with Crippen LogP contribution in [0.25, 0.3) is 0 Å². The summed E-state index contributed by atoms with van der Waals surface area (Å²) in [6, 6.07) is 0.551. The van der Waals surface area contributed by atoms with E-state index in [0.717, 1.165) is 45.8 Å². The minimum atomic E-state index is 0.295. The molecular formula is C16H36N2O2. The molecule has 4 heteroatoms. The molecule has 0 bridgehead atoms. The van der Waals surface area contributed by atoms with Crippen LogP contribution in [0.3, 0.4) is 0 Å². The van der Waals surface area contributed by atoms with Crippen LogP contribution in [0.2, 0.25) is 0 Å². The maximum Gasteiger partial charge on any atom is 0.0589 e. The number of nitrogens with one attached hydrogen (secondary N) is 1. The summed E-state index contributed by atoms with van der Waals surface area (Å²) in [4.78, 5) is 2.43. The zero-order valence-corrected chi connectivity index (χ0v) is 14.5. The fourth-order valence-electron chi connectivity index (χ4n) is 2.25. The number of ether oxygens (including phenoxy) is 2. The van der Waals surface area contributed by atoms with Crippen molar-refractivity contribution in [2.24, 2.45) is 5.41 Å². The number of hydrogen-bond acceptors (Lipinski definition) is 4. The Balaban J connectivity index is 4.28. The van der Waals surface area contributed by atoms with Gasteiger partial charge in [-0.25, -0.2) is 0 Å². The van der Waals surface area contributed by atoms with Crippen molar-refractivity contribution in [2.75, 3.05) is 53.6 Å². The summed E-state index contributed by atoms with van der Waals surface area (Å²) in [5.41, 5.74) is 0.295. The minimum Gasteiger partial charge on any atom is -0.383 e. The van der Waals surface area contributed by atoms with Crippen LogP contribution in [-0.2, 0) is 9.47 Å². The van der Waals surface area contributed by atoms with Crippen molar-refractivity contribution in [2.45, 2.75) is 46.6 Å². The van der Waals surface area contributed by atoms with Gasteiger partial charge in [-0.15, -0.1) is 0 Å². The fraction of sp³-hybridized carbons (Fsp3) is 1.00. The molecule has 0 aromatic heterocycles. The van der Waals surface area contributed by atoms with Crippen molar-refractivity contribution in [3.63, 3.8) is 0 Å². The maximum atomic E-state index is 5.19. The van der Waals surface area contributed by atoms with E-state index in [1.165, 1.54) is 6.42 Å². The van der Waals surface area contributed by atoms with Crippen molar-refractivity contribution < 1.29 is 9.47 Å². The molecule has 0 amide bonds. The molecule has 20 heavy (non-hydrogen) atoms. The average Bonchev–Trinajstić information content (AvgIpc) is 2.39. The molecular weight excluding hydrogens is 252 g/mol. The van der Waals surface area contributed by atoms with E-state index in [9.17, 15) is 0 Å². The molecule has 0 radical (unpaired) electrons. The van der Waals surface area contributed by atoms with Crippen molar-refractivity contribution in [3.8, 4) is 0 Å². The zero-order chi connectivity index (χ0) is 15.4. The van der Waals surface area contributed by atoms with Crippen molar-refractivity contribution in [3.05, 3.63) is 0 Å². The van der Waals surface area contributed by atoms with E-state index in [-0.39, 0.29) is 0 Å². The van der Waals surface area contributed by atoms with Crippen LogP contribution in [0.4, 0.5) is 0 Å². The van der Waals surface area contributed by atoms with Crippen molar-refractivity contribution in [1.82, 2.24) is 10.2 Å². The van der Waals surface area contributed by atoms with Crippen molar-refractivity contribution in [1.29, 1.82) is 0 Å². The Morgan fingerprint density at radius 1 is 1.00 bits per heavy atom. The molecule has 0 saturated carbocycles. The van der Waals surface area contributed by atoms with Crippen molar-refractivity contribution >= 4 is 0 Å². The third kappa shape index (κ3) is 9.70. The Morgan fingerprint density at radius 2 is 1.55 bits per heavy atom. The van der Waals surface area contributed by atoms with Crippen LogP contribution in [0.1, 0.15) is 40.5 Å². The van der Waals surface area contributed by atoms with Crippen LogP contribution < -0.4 is 5.32 Å². The predicted molar refractivity (Wildman–Crippen MR) is 86.3 cm³/mol. The van der Waals surface area contributed by atoms with Crippen LogP contribution in [0.5, 0.6) is 0 Å². The van der Waals surface area contributed by atoms with E-state index >= 15 is 0 Å². The first-order chi connectivity index (χ1) is 9.45. The minimum absolute atomic E-state index is 0.295. The molecule has 1 unspecified atom stereocenters. The summed E-state index contributed by atoms with van der Waals surface area (Å²) in [6.07, 6.45) is 2.35. The predicted octanol–water partition coefficient (Wildman–Crippen LogP) is 2.39. The number of rotatable bonds is 12. The largest absolute Gasteiger partial charge is 0.383 e. The summed E-state index contributed by atoms with van der Waals surface area (Å²) in [5.74, 6) is 0. The van der Waals surface area contributed by atoms with Crippen LogP contribution in [0, 0.1) is 5.41 Å². The normalized spacial score (nSPS) is 13.9. The molecule has 0 aromatic carbocycles. The Labute approximate surface area is 126 Å². The van der Waals surface area contributed by atoms with E-state index in [4.69, 9.17) is 9.47 Å². The lowest BCUT2D eigenvalue weighted by molar-refractivity contribution is 0.106. The summed E-state index contributed by atoms with van der Waals surface area (Å²) in [5, 5.41) is 3.69. The molecule has 4 nitrogen and oxygen atoms in total. The van der Waals surface area contributed by atoms with Gasteiger partial charge in [0, 0.05) is 33.4 Å². The molecule has 0 aromatic rings. The SMILES string of the molecule is CCCNC(CCN(CCOC)CCOC)C(C)(C)C. The third-order valence-corrected chi connectivity index (χ3v) is 3.64. The number of hydrogen-bond donors (Lipinski definition) is 1. The summed E-state index contributed by atoms with van der Waals surface area (Å²) >= 11 is 0. The summed E-state index contributed by atoms with van der Waals surface area (Å²) in [7, 11) is 3.52. The maximum absolute atomic E-state index is 5.19. The van der Waals surface area contributed by atoms with Gasteiger partial charge in [-0.3, -0.25) is 4.90 Å². The summed E-state index contributed by atoms with van der Waals surface area (Å²) < 4.78 is 10.4. The van der Waals surface area contributed by atoms with E-state index in [1.54, 1.807) is 14.2 Å². The summed E-state index contributed by atoms with van der Waals surface area (Å²) in [6.45, 7) is 14.9. The number of nitrogens with zero attached hydrogens (tertiary/aromatic N) is 1. The number of methoxy groups -OCH3 is 2. The zero-order valence-electron chi connectivity index (χ0n) is 14.5.